The number of nitrogens with zero attached hydrogens (tertiary/aromatic N) is 1. The molecule has 0 saturated carbocycles. The Labute approximate surface area is 113 Å². The van der Waals surface area contributed by atoms with Gasteiger partial charge in [0.1, 0.15) is 0 Å². The first-order chi connectivity index (χ1) is 8.58. The van der Waals surface area contributed by atoms with Gasteiger partial charge in [-0.05, 0) is 43.9 Å². The minimum Gasteiger partial charge on any atom is -0.359 e. The van der Waals surface area contributed by atoms with Gasteiger partial charge in [0.2, 0.25) is 0 Å². The number of thiazole rings is 1. The van der Waals surface area contributed by atoms with Gasteiger partial charge in [-0.2, -0.15) is 0 Å². The summed E-state index contributed by atoms with van der Waals surface area (Å²) in [6.07, 6.45) is 2.44. The van der Waals surface area contributed by atoms with E-state index < -0.39 is 0 Å². The minimum atomic E-state index is 0.488. The van der Waals surface area contributed by atoms with Crippen LogP contribution in [0.4, 0.5) is 5.13 Å². The van der Waals surface area contributed by atoms with Crippen molar-refractivity contribution in [3.8, 4) is 0 Å². The molecule has 0 radical (unpaired) electrons. The molecule has 1 aromatic heterocycles. The monoisotopic (exact) mass is 262 g/mol. The number of rotatable bonds is 5. The Morgan fingerprint density at radius 1 is 1.33 bits per heavy atom. The fraction of sp³-hybridized carbons (Fsp3) is 0.533. The average molecular weight is 262 g/mol. The topological polar surface area (TPSA) is 24.9 Å². The highest BCUT2D eigenvalue weighted by Gasteiger charge is 2.10. The lowest BCUT2D eigenvalue weighted by Gasteiger charge is -2.16. The molecule has 2 rings (SSSR count). The van der Waals surface area contributed by atoms with Crippen molar-refractivity contribution >= 4 is 26.7 Å². The predicted octanol–water partition coefficient (Wildman–Crippen LogP) is 4.84. The lowest BCUT2D eigenvalue weighted by molar-refractivity contribution is 0.484. The molecule has 0 spiro atoms. The average Bonchev–Trinajstić information content (AvgIpc) is 2.69. The quantitative estimate of drug-likeness (QED) is 0.834. The zero-order valence-electron chi connectivity index (χ0n) is 11.7. The number of anilines is 1. The van der Waals surface area contributed by atoms with Gasteiger partial charge >= 0.3 is 0 Å². The van der Waals surface area contributed by atoms with Crippen LogP contribution in [0.1, 0.15) is 39.2 Å². The molecule has 2 aromatic rings. The van der Waals surface area contributed by atoms with Crippen LogP contribution in [0.25, 0.3) is 10.2 Å². The number of aryl methyl sites for hydroxylation is 1. The molecule has 0 aliphatic heterocycles. The summed E-state index contributed by atoms with van der Waals surface area (Å²) >= 11 is 1.75. The van der Waals surface area contributed by atoms with Gasteiger partial charge in [-0.3, -0.25) is 0 Å². The maximum absolute atomic E-state index is 4.63. The Bertz CT molecular complexity index is 518. The maximum Gasteiger partial charge on any atom is 0.183 e. The highest BCUT2D eigenvalue weighted by molar-refractivity contribution is 7.22. The van der Waals surface area contributed by atoms with Crippen molar-refractivity contribution in [2.75, 3.05) is 5.32 Å². The standard InChI is InChI=1S/C15H22N2S/c1-5-10(2)8-12(4)16-15-17-13-7-6-11(3)9-14(13)18-15/h6-7,9-10,12H,5,8H2,1-4H3,(H,16,17). The van der Waals surface area contributed by atoms with Crippen molar-refractivity contribution in [1.29, 1.82) is 0 Å². The van der Waals surface area contributed by atoms with E-state index in [0.717, 1.165) is 16.6 Å². The molecule has 1 heterocycles. The van der Waals surface area contributed by atoms with Gasteiger partial charge < -0.3 is 5.32 Å². The second-order valence-corrected chi connectivity index (χ2v) is 6.32. The molecule has 0 aliphatic rings. The fourth-order valence-electron chi connectivity index (χ4n) is 2.13. The van der Waals surface area contributed by atoms with Crippen LogP contribution in [0, 0.1) is 12.8 Å². The second kappa shape index (κ2) is 5.70. The molecule has 0 saturated heterocycles. The van der Waals surface area contributed by atoms with Crippen LogP contribution in [-0.2, 0) is 0 Å². The third-order valence-electron chi connectivity index (χ3n) is 3.37. The molecule has 1 N–H and O–H groups in total. The maximum atomic E-state index is 4.63. The van der Waals surface area contributed by atoms with Crippen molar-refractivity contribution < 1.29 is 0 Å². The first kappa shape index (κ1) is 13.3. The smallest absolute Gasteiger partial charge is 0.183 e. The molecule has 3 heteroatoms. The molecule has 2 unspecified atom stereocenters. The summed E-state index contributed by atoms with van der Waals surface area (Å²) in [6.45, 7) is 8.92. The zero-order chi connectivity index (χ0) is 13.1. The van der Waals surface area contributed by atoms with Gasteiger partial charge in [-0.1, -0.05) is 37.7 Å². The van der Waals surface area contributed by atoms with E-state index in [-0.39, 0.29) is 0 Å². The fourth-order valence-corrected chi connectivity index (χ4v) is 3.21. The number of nitrogens with one attached hydrogen (secondary N) is 1. The van der Waals surface area contributed by atoms with E-state index in [1.54, 1.807) is 11.3 Å². The molecule has 18 heavy (non-hydrogen) atoms. The SMILES string of the molecule is CCC(C)CC(C)Nc1nc2ccc(C)cc2s1. The number of fused-ring (bicyclic) bond motifs is 1. The van der Waals surface area contributed by atoms with Crippen LogP contribution in [0.15, 0.2) is 18.2 Å². The lowest BCUT2D eigenvalue weighted by Crippen LogP contribution is -2.17. The van der Waals surface area contributed by atoms with E-state index in [9.17, 15) is 0 Å². The summed E-state index contributed by atoms with van der Waals surface area (Å²) in [5, 5.41) is 4.57. The van der Waals surface area contributed by atoms with Crippen LogP contribution in [-0.4, -0.2) is 11.0 Å². The molecule has 0 amide bonds. The van der Waals surface area contributed by atoms with Crippen LogP contribution in [0.5, 0.6) is 0 Å². The molecule has 1 aromatic carbocycles. The van der Waals surface area contributed by atoms with Crippen LogP contribution >= 0.6 is 11.3 Å². The Morgan fingerprint density at radius 2 is 2.11 bits per heavy atom. The molecule has 2 nitrogen and oxygen atoms in total. The molecule has 0 bridgehead atoms. The van der Waals surface area contributed by atoms with Gasteiger partial charge in [0.05, 0.1) is 10.2 Å². The molecular weight excluding hydrogens is 240 g/mol. The van der Waals surface area contributed by atoms with Crippen molar-refractivity contribution in [2.45, 2.75) is 46.6 Å². The summed E-state index contributed by atoms with van der Waals surface area (Å²) in [7, 11) is 0. The Hall–Kier alpha value is -1.09. The third kappa shape index (κ3) is 3.22. The van der Waals surface area contributed by atoms with E-state index in [4.69, 9.17) is 0 Å². The first-order valence-electron chi connectivity index (χ1n) is 6.72. The van der Waals surface area contributed by atoms with E-state index in [1.807, 2.05) is 0 Å². The molecule has 2 atom stereocenters. The van der Waals surface area contributed by atoms with Gasteiger partial charge in [-0.15, -0.1) is 0 Å². The predicted molar refractivity (Wildman–Crippen MR) is 81.5 cm³/mol. The van der Waals surface area contributed by atoms with Gasteiger partial charge in [0.25, 0.3) is 0 Å². The second-order valence-electron chi connectivity index (χ2n) is 5.28. The van der Waals surface area contributed by atoms with Gasteiger partial charge in [0.15, 0.2) is 5.13 Å². The van der Waals surface area contributed by atoms with E-state index in [0.29, 0.717) is 6.04 Å². The Balaban J connectivity index is 2.07. The summed E-state index contributed by atoms with van der Waals surface area (Å²) in [6, 6.07) is 6.92. The minimum absolute atomic E-state index is 0.488. The summed E-state index contributed by atoms with van der Waals surface area (Å²) in [5.74, 6) is 0.768. The Kier molecular flexibility index (Phi) is 4.23. The number of hydrogen-bond donors (Lipinski definition) is 1. The van der Waals surface area contributed by atoms with E-state index >= 15 is 0 Å². The summed E-state index contributed by atoms with van der Waals surface area (Å²) in [5.41, 5.74) is 2.40. The number of hydrogen-bond acceptors (Lipinski definition) is 3. The third-order valence-corrected chi connectivity index (χ3v) is 4.32. The van der Waals surface area contributed by atoms with Crippen LogP contribution in [0.2, 0.25) is 0 Å². The highest BCUT2D eigenvalue weighted by atomic mass is 32.1. The first-order valence-corrected chi connectivity index (χ1v) is 7.54. The van der Waals surface area contributed by atoms with Gasteiger partial charge in [0, 0.05) is 6.04 Å². The zero-order valence-corrected chi connectivity index (χ0v) is 12.5. The van der Waals surface area contributed by atoms with Gasteiger partial charge in [-0.25, -0.2) is 4.98 Å². The molecular formula is C15H22N2S. The van der Waals surface area contributed by atoms with Crippen molar-refractivity contribution in [1.82, 2.24) is 4.98 Å². The number of aromatic nitrogens is 1. The summed E-state index contributed by atoms with van der Waals surface area (Å²) < 4.78 is 1.27. The van der Waals surface area contributed by atoms with Crippen molar-refractivity contribution in [3.63, 3.8) is 0 Å². The largest absolute Gasteiger partial charge is 0.359 e. The van der Waals surface area contributed by atoms with Crippen molar-refractivity contribution in [3.05, 3.63) is 23.8 Å². The molecule has 0 fully saturated rings. The molecule has 98 valence electrons. The highest BCUT2D eigenvalue weighted by Crippen LogP contribution is 2.27. The normalized spacial score (nSPS) is 14.7. The van der Waals surface area contributed by atoms with Crippen LogP contribution < -0.4 is 5.32 Å². The lowest BCUT2D eigenvalue weighted by atomic mass is 10.0. The van der Waals surface area contributed by atoms with Crippen LogP contribution in [0.3, 0.4) is 0 Å². The molecule has 0 aliphatic carbocycles. The van der Waals surface area contributed by atoms with E-state index in [2.05, 4.69) is 56.2 Å². The Morgan fingerprint density at radius 3 is 2.83 bits per heavy atom. The summed E-state index contributed by atoms with van der Waals surface area (Å²) in [4.78, 5) is 4.63. The number of benzene rings is 1. The van der Waals surface area contributed by atoms with Crippen molar-refractivity contribution in [2.24, 2.45) is 5.92 Å². The van der Waals surface area contributed by atoms with E-state index in [1.165, 1.54) is 23.1 Å².